The number of hydrogen-bond donors (Lipinski definition) is 3. The number of carbonyl (C=O) groups is 1. The summed E-state index contributed by atoms with van der Waals surface area (Å²) in [6, 6.07) is 3.89. The fraction of sp³-hybridized carbons (Fsp3) is 0.364. The summed E-state index contributed by atoms with van der Waals surface area (Å²) in [6.07, 6.45) is -1.91. The van der Waals surface area contributed by atoms with Gasteiger partial charge < -0.3 is 15.9 Å². The van der Waals surface area contributed by atoms with E-state index in [-0.39, 0.29) is 24.1 Å². The van der Waals surface area contributed by atoms with Crippen molar-refractivity contribution in [3.05, 3.63) is 35.1 Å². The molecular formula is C11H14FNO3. The molecule has 0 fully saturated rings. The largest absolute Gasteiger partial charge is 0.390 e. The molecule has 0 aliphatic heterocycles. The molecule has 88 valence electrons. The maximum absolute atomic E-state index is 13.2. The van der Waals surface area contributed by atoms with Crippen LogP contribution in [0.25, 0.3) is 0 Å². The van der Waals surface area contributed by atoms with E-state index in [1.54, 1.807) is 0 Å². The molecule has 2 unspecified atom stereocenters. The molecule has 0 radical (unpaired) electrons. The van der Waals surface area contributed by atoms with E-state index in [9.17, 15) is 19.4 Å². The molecule has 0 saturated heterocycles. The summed E-state index contributed by atoms with van der Waals surface area (Å²) in [7, 11) is 0. The SMILES string of the molecule is NCCC(O)C(O)c1cccc(F)c1C=O. The second-order valence-electron chi connectivity index (χ2n) is 3.45. The Balaban J connectivity index is 3.03. The third-order valence-electron chi connectivity index (χ3n) is 2.35. The van der Waals surface area contributed by atoms with Crippen molar-refractivity contribution in [3.63, 3.8) is 0 Å². The van der Waals surface area contributed by atoms with Gasteiger partial charge in [0.2, 0.25) is 0 Å². The molecular weight excluding hydrogens is 213 g/mol. The van der Waals surface area contributed by atoms with Crippen molar-refractivity contribution in [1.29, 1.82) is 0 Å². The second kappa shape index (κ2) is 5.69. The van der Waals surface area contributed by atoms with Crippen LogP contribution in [0.4, 0.5) is 4.39 Å². The van der Waals surface area contributed by atoms with E-state index in [4.69, 9.17) is 5.73 Å². The molecule has 1 aromatic carbocycles. The molecule has 2 atom stereocenters. The lowest BCUT2D eigenvalue weighted by Gasteiger charge is -2.18. The van der Waals surface area contributed by atoms with Gasteiger partial charge in [-0.05, 0) is 24.6 Å². The van der Waals surface area contributed by atoms with Gasteiger partial charge in [-0.2, -0.15) is 0 Å². The Morgan fingerprint density at radius 3 is 2.69 bits per heavy atom. The van der Waals surface area contributed by atoms with Gasteiger partial charge in [0.15, 0.2) is 6.29 Å². The number of aliphatic hydroxyl groups excluding tert-OH is 2. The zero-order chi connectivity index (χ0) is 12.1. The number of halogens is 1. The zero-order valence-corrected chi connectivity index (χ0v) is 8.64. The number of aldehydes is 1. The maximum atomic E-state index is 13.2. The van der Waals surface area contributed by atoms with Crippen LogP contribution in [0, 0.1) is 5.82 Å². The predicted octanol–water partition coefficient (Wildman–Crippen LogP) is 0.381. The number of hydrogen-bond acceptors (Lipinski definition) is 4. The molecule has 0 aliphatic rings. The van der Waals surface area contributed by atoms with Gasteiger partial charge in [-0.15, -0.1) is 0 Å². The molecule has 0 aromatic heterocycles. The van der Waals surface area contributed by atoms with Crippen molar-refractivity contribution < 1.29 is 19.4 Å². The average molecular weight is 227 g/mol. The first-order valence-electron chi connectivity index (χ1n) is 4.91. The highest BCUT2D eigenvalue weighted by Gasteiger charge is 2.21. The van der Waals surface area contributed by atoms with Crippen molar-refractivity contribution >= 4 is 6.29 Å². The lowest BCUT2D eigenvalue weighted by atomic mass is 9.97. The van der Waals surface area contributed by atoms with Crippen LogP contribution in [-0.2, 0) is 0 Å². The quantitative estimate of drug-likeness (QED) is 0.635. The van der Waals surface area contributed by atoms with E-state index in [0.29, 0.717) is 6.29 Å². The van der Waals surface area contributed by atoms with Crippen LogP contribution in [0.5, 0.6) is 0 Å². The van der Waals surface area contributed by atoms with Gasteiger partial charge in [0, 0.05) is 0 Å². The molecule has 0 aliphatic carbocycles. The Morgan fingerprint density at radius 2 is 2.12 bits per heavy atom. The van der Waals surface area contributed by atoms with E-state index in [1.807, 2.05) is 0 Å². The molecule has 4 nitrogen and oxygen atoms in total. The molecule has 1 rings (SSSR count). The summed E-state index contributed by atoms with van der Waals surface area (Å²) >= 11 is 0. The van der Waals surface area contributed by atoms with Crippen LogP contribution < -0.4 is 5.73 Å². The van der Waals surface area contributed by atoms with E-state index >= 15 is 0 Å². The Hall–Kier alpha value is -1.30. The van der Waals surface area contributed by atoms with Gasteiger partial charge in [-0.1, -0.05) is 12.1 Å². The van der Waals surface area contributed by atoms with Crippen molar-refractivity contribution in [2.75, 3.05) is 6.54 Å². The first kappa shape index (κ1) is 12.8. The lowest BCUT2D eigenvalue weighted by molar-refractivity contribution is 0.0145. The molecule has 0 saturated carbocycles. The average Bonchev–Trinajstić information content (AvgIpc) is 2.28. The summed E-state index contributed by atoms with van der Waals surface area (Å²) in [5, 5.41) is 19.2. The number of aliphatic hydroxyl groups is 2. The molecule has 0 heterocycles. The molecule has 0 amide bonds. The van der Waals surface area contributed by atoms with E-state index in [2.05, 4.69) is 0 Å². The molecule has 1 aromatic rings. The highest BCUT2D eigenvalue weighted by molar-refractivity contribution is 5.77. The van der Waals surface area contributed by atoms with Crippen molar-refractivity contribution in [3.8, 4) is 0 Å². The molecule has 16 heavy (non-hydrogen) atoms. The van der Waals surface area contributed by atoms with Gasteiger partial charge in [-0.25, -0.2) is 4.39 Å². The van der Waals surface area contributed by atoms with Crippen LogP contribution in [0.2, 0.25) is 0 Å². The highest BCUT2D eigenvalue weighted by Crippen LogP contribution is 2.23. The number of nitrogens with two attached hydrogens (primary N) is 1. The minimum absolute atomic E-state index is 0.0796. The minimum Gasteiger partial charge on any atom is -0.390 e. The number of carbonyl (C=O) groups excluding carboxylic acids is 1. The van der Waals surface area contributed by atoms with Gasteiger partial charge in [0.1, 0.15) is 11.9 Å². The van der Waals surface area contributed by atoms with Gasteiger partial charge in [0.05, 0.1) is 11.7 Å². The van der Waals surface area contributed by atoms with Crippen LogP contribution in [0.1, 0.15) is 28.4 Å². The van der Waals surface area contributed by atoms with Crippen LogP contribution >= 0.6 is 0 Å². The Kier molecular flexibility index (Phi) is 4.54. The first-order chi connectivity index (χ1) is 7.61. The lowest BCUT2D eigenvalue weighted by Crippen LogP contribution is -2.23. The summed E-state index contributed by atoms with van der Waals surface area (Å²) < 4.78 is 13.2. The minimum atomic E-state index is -1.31. The van der Waals surface area contributed by atoms with Crippen molar-refractivity contribution in [2.45, 2.75) is 18.6 Å². The fourth-order valence-electron chi connectivity index (χ4n) is 1.47. The first-order valence-corrected chi connectivity index (χ1v) is 4.91. The third kappa shape index (κ3) is 2.63. The van der Waals surface area contributed by atoms with E-state index in [0.717, 1.165) is 6.07 Å². The summed E-state index contributed by atoms with van der Waals surface area (Å²) in [5.41, 5.74) is 5.08. The number of benzene rings is 1. The van der Waals surface area contributed by atoms with Crippen LogP contribution in [0.15, 0.2) is 18.2 Å². The highest BCUT2D eigenvalue weighted by atomic mass is 19.1. The van der Waals surface area contributed by atoms with Crippen LogP contribution in [0.3, 0.4) is 0 Å². The summed E-state index contributed by atoms with van der Waals surface area (Å²) in [5.74, 6) is -0.716. The molecule has 5 heteroatoms. The van der Waals surface area contributed by atoms with Gasteiger partial charge in [-0.3, -0.25) is 4.79 Å². The van der Waals surface area contributed by atoms with Crippen molar-refractivity contribution in [2.24, 2.45) is 5.73 Å². The molecule has 0 bridgehead atoms. The Morgan fingerprint density at radius 1 is 1.44 bits per heavy atom. The zero-order valence-electron chi connectivity index (χ0n) is 8.64. The van der Waals surface area contributed by atoms with Gasteiger partial charge >= 0.3 is 0 Å². The Bertz CT molecular complexity index is 370. The normalized spacial score (nSPS) is 14.5. The second-order valence-corrected chi connectivity index (χ2v) is 3.45. The third-order valence-corrected chi connectivity index (χ3v) is 2.35. The smallest absolute Gasteiger partial charge is 0.153 e. The Labute approximate surface area is 92.5 Å². The van der Waals surface area contributed by atoms with Crippen LogP contribution in [-0.4, -0.2) is 29.1 Å². The standard InChI is InChI=1S/C11H14FNO3/c12-9-3-1-2-7(8(9)6-14)11(16)10(15)4-5-13/h1-3,6,10-11,15-16H,4-5,13H2. The molecule has 4 N–H and O–H groups in total. The summed E-state index contributed by atoms with van der Waals surface area (Å²) in [6.45, 7) is 0.198. The van der Waals surface area contributed by atoms with Gasteiger partial charge in [0.25, 0.3) is 0 Å². The topological polar surface area (TPSA) is 83.6 Å². The monoisotopic (exact) mass is 227 g/mol. The van der Waals surface area contributed by atoms with E-state index in [1.165, 1.54) is 12.1 Å². The predicted molar refractivity (Wildman–Crippen MR) is 56.4 cm³/mol. The summed E-state index contributed by atoms with van der Waals surface area (Å²) in [4.78, 5) is 10.7. The maximum Gasteiger partial charge on any atom is 0.153 e. The molecule has 0 spiro atoms. The number of rotatable bonds is 5. The van der Waals surface area contributed by atoms with E-state index < -0.39 is 18.0 Å². The fourth-order valence-corrected chi connectivity index (χ4v) is 1.47. The van der Waals surface area contributed by atoms with Crippen molar-refractivity contribution in [1.82, 2.24) is 0 Å².